The van der Waals surface area contributed by atoms with Gasteiger partial charge in [-0.25, -0.2) is 4.98 Å². The lowest BCUT2D eigenvalue weighted by atomic mass is 9.84. The van der Waals surface area contributed by atoms with E-state index in [1.165, 1.54) is 0 Å². The van der Waals surface area contributed by atoms with E-state index in [0.717, 1.165) is 42.4 Å². The van der Waals surface area contributed by atoms with Gasteiger partial charge in [0.25, 0.3) is 0 Å². The van der Waals surface area contributed by atoms with Crippen LogP contribution >= 0.6 is 35.3 Å². The minimum absolute atomic E-state index is 0. The topological polar surface area (TPSA) is 69.6 Å². The Balaban J connectivity index is 0.00000392. The van der Waals surface area contributed by atoms with Gasteiger partial charge in [-0.15, -0.1) is 35.3 Å². The Kier molecular flexibility index (Phi) is 9.44. The van der Waals surface area contributed by atoms with Crippen LogP contribution in [0.5, 0.6) is 0 Å². The highest BCUT2D eigenvalue weighted by Crippen LogP contribution is 2.38. The van der Waals surface area contributed by atoms with Gasteiger partial charge in [-0.3, -0.25) is 9.79 Å². The first-order valence-electron chi connectivity index (χ1n) is 8.86. The zero-order chi connectivity index (χ0) is 20.1. The molecule has 28 heavy (non-hydrogen) atoms. The van der Waals surface area contributed by atoms with E-state index in [1.54, 1.807) is 26.0 Å². The summed E-state index contributed by atoms with van der Waals surface area (Å²) in [4.78, 5) is 21.9. The highest BCUT2D eigenvalue weighted by Gasteiger charge is 2.42. The molecule has 0 aromatic carbocycles. The van der Waals surface area contributed by atoms with Crippen molar-refractivity contribution in [2.24, 2.45) is 10.4 Å². The van der Waals surface area contributed by atoms with Gasteiger partial charge in [0.05, 0.1) is 10.4 Å². The van der Waals surface area contributed by atoms with Gasteiger partial charge >= 0.3 is 6.18 Å². The molecule has 1 amide bonds. The van der Waals surface area contributed by atoms with Crippen LogP contribution in [0.15, 0.2) is 10.4 Å². The Morgan fingerprint density at radius 1 is 1.32 bits per heavy atom. The molecule has 1 fully saturated rings. The molecular formula is C17H27F3IN5OS. The van der Waals surface area contributed by atoms with Crippen LogP contribution < -0.4 is 10.6 Å². The summed E-state index contributed by atoms with van der Waals surface area (Å²) in [6, 6.07) is 0. The van der Waals surface area contributed by atoms with Crippen molar-refractivity contribution in [3.63, 3.8) is 0 Å². The van der Waals surface area contributed by atoms with Crippen LogP contribution in [-0.4, -0.2) is 56.0 Å². The van der Waals surface area contributed by atoms with Crippen LogP contribution in [0.1, 0.15) is 36.4 Å². The van der Waals surface area contributed by atoms with E-state index < -0.39 is 17.3 Å². The number of nitrogens with zero attached hydrogens (tertiary/aromatic N) is 3. The second-order valence-corrected chi connectivity index (χ2v) is 7.86. The van der Waals surface area contributed by atoms with Crippen molar-refractivity contribution in [1.29, 1.82) is 0 Å². The molecule has 0 unspecified atom stereocenters. The van der Waals surface area contributed by atoms with E-state index in [9.17, 15) is 18.0 Å². The zero-order valence-electron chi connectivity index (χ0n) is 16.2. The number of halogens is 4. The number of aliphatic imine (C=N–C) groups is 1. The second-order valence-electron chi connectivity index (χ2n) is 6.91. The molecule has 2 rings (SSSR count). The van der Waals surface area contributed by atoms with Gasteiger partial charge < -0.3 is 15.5 Å². The second kappa shape index (κ2) is 10.6. The van der Waals surface area contributed by atoms with Gasteiger partial charge in [-0.05, 0) is 12.8 Å². The quantitative estimate of drug-likeness (QED) is 0.335. The summed E-state index contributed by atoms with van der Waals surface area (Å²) in [6.45, 7) is 0.887. The average molecular weight is 533 g/mol. The first-order chi connectivity index (χ1) is 12.7. The summed E-state index contributed by atoms with van der Waals surface area (Å²) in [7, 11) is 5.15. The Morgan fingerprint density at radius 2 is 1.96 bits per heavy atom. The van der Waals surface area contributed by atoms with Crippen molar-refractivity contribution in [2.75, 3.05) is 34.2 Å². The maximum Gasteiger partial charge on any atom is 0.434 e. The van der Waals surface area contributed by atoms with Gasteiger partial charge in [0.2, 0.25) is 5.91 Å². The van der Waals surface area contributed by atoms with Gasteiger partial charge in [-0.2, -0.15) is 13.2 Å². The molecule has 1 aliphatic carbocycles. The Labute approximate surface area is 184 Å². The number of hydrogen-bond acceptors (Lipinski definition) is 4. The molecule has 1 saturated carbocycles. The van der Waals surface area contributed by atoms with Gasteiger partial charge in [0, 0.05) is 46.0 Å². The van der Waals surface area contributed by atoms with Crippen LogP contribution in [0.2, 0.25) is 0 Å². The third-order valence-corrected chi connectivity index (χ3v) is 5.62. The average Bonchev–Trinajstić information content (AvgIpc) is 3.27. The molecule has 0 saturated heterocycles. The molecule has 2 N–H and O–H groups in total. The van der Waals surface area contributed by atoms with E-state index in [2.05, 4.69) is 20.6 Å². The molecule has 1 aromatic heterocycles. The van der Waals surface area contributed by atoms with Crippen LogP contribution in [0.4, 0.5) is 13.2 Å². The first kappa shape index (κ1) is 24.9. The van der Waals surface area contributed by atoms with Gasteiger partial charge in [0.15, 0.2) is 11.7 Å². The first-order valence-corrected chi connectivity index (χ1v) is 9.74. The molecule has 1 aromatic rings. The van der Waals surface area contributed by atoms with E-state index >= 15 is 0 Å². The number of alkyl halides is 3. The van der Waals surface area contributed by atoms with Gasteiger partial charge in [-0.1, -0.05) is 12.8 Å². The number of nitrogens with one attached hydrogen (secondary N) is 2. The molecule has 0 aliphatic heterocycles. The molecule has 0 radical (unpaired) electrons. The minimum Gasteiger partial charge on any atom is -0.356 e. The summed E-state index contributed by atoms with van der Waals surface area (Å²) in [5.74, 6) is 0.644. The lowest BCUT2D eigenvalue weighted by molar-refractivity contribution is -0.141. The molecule has 6 nitrogen and oxygen atoms in total. The molecule has 0 atom stereocenters. The maximum atomic E-state index is 12.6. The Bertz CT molecular complexity index is 672. The fourth-order valence-corrected chi connectivity index (χ4v) is 4.11. The van der Waals surface area contributed by atoms with Crippen molar-refractivity contribution in [1.82, 2.24) is 20.5 Å². The Hall–Kier alpha value is -1.11. The van der Waals surface area contributed by atoms with Crippen molar-refractivity contribution < 1.29 is 18.0 Å². The lowest BCUT2D eigenvalue weighted by Gasteiger charge is -2.31. The van der Waals surface area contributed by atoms with E-state index in [4.69, 9.17) is 0 Å². The number of thiazole rings is 1. The fraction of sp³-hybridized carbons (Fsp3) is 0.706. The van der Waals surface area contributed by atoms with E-state index in [-0.39, 0.29) is 29.9 Å². The third-order valence-electron chi connectivity index (χ3n) is 4.71. The number of amides is 1. The summed E-state index contributed by atoms with van der Waals surface area (Å²) < 4.78 is 37.7. The third kappa shape index (κ3) is 6.46. The van der Waals surface area contributed by atoms with Crippen molar-refractivity contribution in [2.45, 2.75) is 38.3 Å². The number of hydrogen-bond donors (Lipinski definition) is 2. The van der Waals surface area contributed by atoms with E-state index in [0.29, 0.717) is 30.5 Å². The number of guanidine groups is 1. The monoisotopic (exact) mass is 533 g/mol. The molecule has 1 aliphatic rings. The van der Waals surface area contributed by atoms with Crippen molar-refractivity contribution in [3.8, 4) is 0 Å². The summed E-state index contributed by atoms with van der Waals surface area (Å²) in [5.41, 5.74) is -1.27. The highest BCUT2D eigenvalue weighted by atomic mass is 127. The molecular weight excluding hydrogens is 506 g/mol. The zero-order valence-corrected chi connectivity index (χ0v) is 19.4. The number of carbonyl (C=O) groups is 1. The van der Waals surface area contributed by atoms with Crippen molar-refractivity contribution in [3.05, 3.63) is 16.1 Å². The number of aromatic nitrogens is 1. The predicted molar refractivity (Wildman–Crippen MR) is 115 cm³/mol. The largest absolute Gasteiger partial charge is 0.434 e. The number of rotatable bonds is 6. The summed E-state index contributed by atoms with van der Waals surface area (Å²) in [5, 5.41) is 7.72. The number of carbonyl (C=O) groups excluding carboxylic acids is 1. The van der Waals surface area contributed by atoms with E-state index in [1.807, 2.05) is 0 Å². The molecule has 11 heteroatoms. The van der Waals surface area contributed by atoms with Crippen LogP contribution in [0, 0.1) is 5.41 Å². The van der Waals surface area contributed by atoms with Crippen LogP contribution in [0.3, 0.4) is 0 Å². The highest BCUT2D eigenvalue weighted by molar-refractivity contribution is 14.0. The molecule has 1 heterocycles. The SMILES string of the molecule is CN=C(NCCc1nc(C(F)(F)F)cs1)NCC1(C(=O)N(C)C)CCCC1.I. The normalized spacial score (nSPS) is 16.4. The lowest BCUT2D eigenvalue weighted by Crippen LogP contribution is -2.49. The summed E-state index contributed by atoms with van der Waals surface area (Å²) >= 11 is 0.994. The fourth-order valence-electron chi connectivity index (χ4n) is 3.31. The van der Waals surface area contributed by atoms with Crippen LogP contribution in [0.25, 0.3) is 0 Å². The van der Waals surface area contributed by atoms with Crippen LogP contribution in [-0.2, 0) is 17.4 Å². The van der Waals surface area contributed by atoms with Gasteiger partial charge in [0.1, 0.15) is 0 Å². The summed E-state index contributed by atoms with van der Waals surface area (Å²) in [6.07, 6.45) is -0.310. The maximum absolute atomic E-state index is 12.6. The Morgan fingerprint density at radius 3 is 2.46 bits per heavy atom. The standard InChI is InChI=1S/C17H26F3N5OS.HI/c1-21-15(22-9-6-13-24-12(10-27-13)17(18,19)20)23-11-16(7-4-5-8-16)14(26)25(2)3;/h10H,4-9,11H2,1-3H3,(H2,21,22,23);1H. The molecule has 160 valence electrons. The predicted octanol–water partition coefficient (Wildman–Crippen LogP) is 3.14. The van der Waals surface area contributed by atoms with Crippen molar-refractivity contribution >= 4 is 47.2 Å². The minimum atomic E-state index is -4.41. The molecule has 0 bridgehead atoms. The smallest absolute Gasteiger partial charge is 0.356 e. The molecule has 0 spiro atoms.